The molecule has 1 aliphatic heterocycles. The van der Waals surface area contributed by atoms with Gasteiger partial charge >= 0.3 is 0 Å². The number of likely N-dealkylation sites (N-methyl/N-ethyl adjacent to an activating group) is 1. The molecule has 0 saturated carbocycles. The Kier molecular flexibility index (Phi) is 3.31. The fourth-order valence-corrected chi connectivity index (χ4v) is 1.85. The molecule has 0 aromatic heterocycles. The SMILES string of the molecule is CN1C(=O)Cc2ccc(NCC(O)CO)cc21. The van der Waals surface area contributed by atoms with Gasteiger partial charge in [0.2, 0.25) is 5.91 Å². The molecule has 0 aliphatic carbocycles. The van der Waals surface area contributed by atoms with Crippen LogP contribution in [0.5, 0.6) is 0 Å². The van der Waals surface area contributed by atoms with Crippen molar-refractivity contribution in [2.75, 3.05) is 30.4 Å². The number of rotatable bonds is 4. The summed E-state index contributed by atoms with van der Waals surface area (Å²) >= 11 is 0. The van der Waals surface area contributed by atoms with Crippen LogP contribution in [-0.4, -0.2) is 42.4 Å². The van der Waals surface area contributed by atoms with E-state index in [4.69, 9.17) is 5.11 Å². The second kappa shape index (κ2) is 4.73. The molecular formula is C12H16N2O3. The molecule has 0 spiro atoms. The van der Waals surface area contributed by atoms with E-state index in [1.54, 1.807) is 11.9 Å². The van der Waals surface area contributed by atoms with Gasteiger partial charge in [-0.2, -0.15) is 0 Å². The largest absolute Gasteiger partial charge is 0.394 e. The molecule has 1 aromatic carbocycles. The quantitative estimate of drug-likeness (QED) is 0.686. The monoisotopic (exact) mass is 236 g/mol. The maximum absolute atomic E-state index is 11.5. The lowest BCUT2D eigenvalue weighted by molar-refractivity contribution is -0.117. The van der Waals surface area contributed by atoms with E-state index in [0.29, 0.717) is 6.42 Å². The second-order valence-corrected chi connectivity index (χ2v) is 4.19. The van der Waals surface area contributed by atoms with Gasteiger partial charge in [-0.05, 0) is 17.7 Å². The predicted octanol–water partition coefficient (Wildman–Crippen LogP) is -0.0294. The normalized spacial score (nSPS) is 15.9. The van der Waals surface area contributed by atoms with E-state index >= 15 is 0 Å². The molecule has 1 aromatic rings. The first-order valence-electron chi connectivity index (χ1n) is 5.54. The molecule has 5 heteroatoms. The van der Waals surface area contributed by atoms with Crippen molar-refractivity contribution in [3.05, 3.63) is 23.8 Å². The molecule has 1 unspecified atom stereocenters. The van der Waals surface area contributed by atoms with E-state index in [-0.39, 0.29) is 19.1 Å². The number of carbonyl (C=O) groups excluding carboxylic acids is 1. The van der Waals surface area contributed by atoms with Gasteiger partial charge in [0.15, 0.2) is 0 Å². The molecule has 5 nitrogen and oxygen atoms in total. The summed E-state index contributed by atoms with van der Waals surface area (Å²) in [7, 11) is 1.75. The van der Waals surface area contributed by atoms with Crippen LogP contribution in [0, 0.1) is 0 Å². The molecule has 1 amide bonds. The minimum Gasteiger partial charge on any atom is -0.394 e. The van der Waals surface area contributed by atoms with Gasteiger partial charge < -0.3 is 20.4 Å². The van der Waals surface area contributed by atoms with E-state index < -0.39 is 6.10 Å². The van der Waals surface area contributed by atoms with Gasteiger partial charge in [-0.15, -0.1) is 0 Å². The number of nitrogens with one attached hydrogen (secondary N) is 1. The Morgan fingerprint density at radius 1 is 1.53 bits per heavy atom. The molecule has 1 heterocycles. The van der Waals surface area contributed by atoms with Crippen molar-refractivity contribution in [1.29, 1.82) is 0 Å². The topological polar surface area (TPSA) is 72.8 Å². The summed E-state index contributed by atoms with van der Waals surface area (Å²) in [5, 5.41) is 20.9. The predicted molar refractivity (Wildman–Crippen MR) is 65.1 cm³/mol. The van der Waals surface area contributed by atoms with E-state index in [1.807, 2.05) is 18.2 Å². The Balaban J connectivity index is 2.10. The van der Waals surface area contributed by atoms with E-state index in [2.05, 4.69) is 5.32 Å². The first kappa shape index (κ1) is 11.9. The number of aliphatic hydroxyl groups excluding tert-OH is 2. The lowest BCUT2D eigenvalue weighted by Gasteiger charge is -2.14. The van der Waals surface area contributed by atoms with Crippen molar-refractivity contribution in [2.45, 2.75) is 12.5 Å². The fourth-order valence-electron chi connectivity index (χ4n) is 1.85. The van der Waals surface area contributed by atoms with Crippen molar-refractivity contribution >= 4 is 17.3 Å². The molecule has 0 radical (unpaired) electrons. The summed E-state index contributed by atoms with van der Waals surface area (Å²) in [4.78, 5) is 13.1. The number of benzene rings is 1. The first-order chi connectivity index (χ1) is 8.11. The number of anilines is 2. The number of aliphatic hydroxyl groups is 2. The molecule has 1 aliphatic rings. The third-order valence-electron chi connectivity index (χ3n) is 2.91. The van der Waals surface area contributed by atoms with Crippen LogP contribution >= 0.6 is 0 Å². The van der Waals surface area contributed by atoms with Gasteiger partial charge in [0, 0.05) is 25.0 Å². The Morgan fingerprint density at radius 3 is 3.00 bits per heavy atom. The van der Waals surface area contributed by atoms with Crippen LogP contribution < -0.4 is 10.2 Å². The van der Waals surface area contributed by atoms with Gasteiger partial charge in [-0.1, -0.05) is 6.07 Å². The summed E-state index contributed by atoms with van der Waals surface area (Å²) in [6.45, 7) is 0.0171. The van der Waals surface area contributed by atoms with E-state index in [1.165, 1.54) is 0 Å². The zero-order chi connectivity index (χ0) is 12.4. The molecule has 92 valence electrons. The minimum atomic E-state index is -0.775. The molecule has 0 saturated heterocycles. The molecule has 1 atom stereocenters. The number of hydrogen-bond donors (Lipinski definition) is 3. The maximum atomic E-state index is 11.5. The number of fused-ring (bicyclic) bond motifs is 1. The fraction of sp³-hybridized carbons (Fsp3) is 0.417. The van der Waals surface area contributed by atoms with Gasteiger partial charge in [0.05, 0.1) is 19.1 Å². The lowest BCUT2D eigenvalue weighted by Crippen LogP contribution is -2.23. The second-order valence-electron chi connectivity index (χ2n) is 4.19. The smallest absolute Gasteiger partial charge is 0.231 e. The molecule has 0 fully saturated rings. The maximum Gasteiger partial charge on any atom is 0.231 e. The summed E-state index contributed by atoms with van der Waals surface area (Å²) in [6, 6.07) is 5.66. The van der Waals surface area contributed by atoms with Crippen LogP contribution in [0.15, 0.2) is 18.2 Å². The Labute approximate surface area is 99.7 Å². The zero-order valence-corrected chi connectivity index (χ0v) is 9.68. The standard InChI is InChI=1S/C12H16N2O3/c1-14-11-5-9(13-6-10(16)7-15)3-2-8(11)4-12(14)17/h2-3,5,10,13,15-16H,4,6-7H2,1H3. The molecular weight excluding hydrogens is 220 g/mol. The number of amides is 1. The van der Waals surface area contributed by atoms with Crippen molar-refractivity contribution < 1.29 is 15.0 Å². The Morgan fingerprint density at radius 2 is 2.29 bits per heavy atom. The third kappa shape index (κ3) is 2.40. The molecule has 3 N–H and O–H groups in total. The first-order valence-corrected chi connectivity index (χ1v) is 5.54. The summed E-state index contributed by atoms with van der Waals surface area (Å²) in [5.74, 6) is 0.0903. The highest BCUT2D eigenvalue weighted by Gasteiger charge is 2.23. The number of carbonyl (C=O) groups is 1. The average molecular weight is 236 g/mol. The number of nitrogens with zero attached hydrogens (tertiary/aromatic N) is 1. The minimum absolute atomic E-state index is 0.0903. The van der Waals surface area contributed by atoms with Crippen LogP contribution in [0.4, 0.5) is 11.4 Å². The highest BCUT2D eigenvalue weighted by Crippen LogP contribution is 2.30. The molecule has 0 bridgehead atoms. The van der Waals surface area contributed by atoms with Gasteiger partial charge in [-0.25, -0.2) is 0 Å². The van der Waals surface area contributed by atoms with Crippen molar-refractivity contribution in [3.63, 3.8) is 0 Å². The third-order valence-corrected chi connectivity index (χ3v) is 2.91. The van der Waals surface area contributed by atoms with Gasteiger partial charge in [0.1, 0.15) is 0 Å². The van der Waals surface area contributed by atoms with Crippen LogP contribution in [0.25, 0.3) is 0 Å². The van der Waals surface area contributed by atoms with Crippen LogP contribution in [0.1, 0.15) is 5.56 Å². The summed E-state index contributed by atoms with van der Waals surface area (Å²) < 4.78 is 0. The molecule has 17 heavy (non-hydrogen) atoms. The summed E-state index contributed by atoms with van der Waals surface area (Å²) in [5.41, 5.74) is 2.75. The van der Waals surface area contributed by atoms with Gasteiger partial charge in [0.25, 0.3) is 0 Å². The highest BCUT2D eigenvalue weighted by molar-refractivity contribution is 6.01. The van der Waals surface area contributed by atoms with Gasteiger partial charge in [-0.3, -0.25) is 4.79 Å². The van der Waals surface area contributed by atoms with E-state index in [9.17, 15) is 9.90 Å². The highest BCUT2D eigenvalue weighted by atomic mass is 16.3. The average Bonchev–Trinajstić information content (AvgIpc) is 2.62. The van der Waals surface area contributed by atoms with Crippen molar-refractivity contribution in [2.24, 2.45) is 0 Å². The van der Waals surface area contributed by atoms with Crippen LogP contribution in [0.3, 0.4) is 0 Å². The van der Waals surface area contributed by atoms with E-state index in [0.717, 1.165) is 16.9 Å². The van der Waals surface area contributed by atoms with Crippen LogP contribution in [-0.2, 0) is 11.2 Å². The molecule has 2 rings (SSSR count). The van der Waals surface area contributed by atoms with Crippen molar-refractivity contribution in [3.8, 4) is 0 Å². The zero-order valence-electron chi connectivity index (χ0n) is 9.68. The van der Waals surface area contributed by atoms with Crippen LogP contribution in [0.2, 0.25) is 0 Å². The lowest BCUT2D eigenvalue weighted by atomic mass is 10.1. The van der Waals surface area contributed by atoms with Crippen molar-refractivity contribution in [1.82, 2.24) is 0 Å². The Hall–Kier alpha value is -1.59. The Bertz CT molecular complexity index is 434. The number of hydrogen-bond acceptors (Lipinski definition) is 4. The summed E-state index contributed by atoms with van der Waals surface area (Å²) in [6.07, 6.45) is -0.326.